The van der Waals surface area contributed by atoms with E-state index in [2.05, 4.69) is 14.9 Å². The molecule has 4 heteroatoms. The van der Waals surface area contributed by atoms with Gasteiger partial charge in [-0.15, -0.1) is 0 Å². The van der Waals surface area contributed by atoms with Crippen LogP contribution in [-0.2, 0) is 6.54 Å². The summed E-state index contributed by atoms with van der Waals surface area (Å²) in [5.41, 5.74) is 1.30. The molecule has 0 atom stereocenters. The van der Waals surface area contributed by atoms with Crippen LogP contribution in [0.4, 0.5) is 0 Å². The maximum atomic E-state index is 8.65. The Labute approximate surface area is 96.7 Å². The first kappa shape index (κ1) is 11.6. The highest BCUT2D eigenvalue weighted by Crippen LogP contribution is 2.35. The zero-order valence-corrected chi connectivity index (χ0v) is 9.73. The number of aliphatic hydroxyl groups is 1. The fraction of sp³-hybridized carbons (Fsp3) is 0.750. The molecule has 2 N–H and O–H groups in total. The number of nitrogens with one attached hydrogen (secondary N) is 1. The molecule has 1 aromatic rings. The summed E-state index contributed by atoms with van der Waals surface area (Å²) in [5.74, 6) is 0. The van der Waals surface area contributed by atoms with Gasteiger partial charge in [0, 0.05) is 25.4 Å². The van der Waals surface area contributed by atoms with Crippen LogP contribution in [0.2, 0.25) is 0 Å². The van der Waals surface area contributed by atoms with Gasteiger partial charge in [-0.25, -0.2) is 4.98 Å². The van der Waals surface area contributed by atoms with Crippen LogP contribution in [-0.4, -0.2) is 27.8 Å². The molecule has 1 heterocycles. The molecule has 0 saturated heterocycles. The van der Waals surface area contributed by atoms with Gasteiger partial charge in [-0.2, -0.15) is 0 Å². The number of rotatable bonds is 8. The minimum Gasteiger partial charge on any atom is -0.396 e. The lowest BCUT2D eigenvalue weighted by atomic mass is 10.2. The van der Waals surface area contributed by atoms with Crippen molar-refractivity contribution in [3.63, 3.8) is 0 Å². The minimum atomic E-state index is 0.314. The average molecular weight is 223 g/mol. The smallest absolute Gasteiger partial charge is 0.0951 e. The molecule has 0 amide bonds. The minimum absolute atomic E-state index is 0.314. The third kappa shape index (κ3) is 3.32. The summed E-state index contributed by atoms with van der Waals surface area (Å²) in [7, 11) is 0. The fourth-order valence-electron chi connectivity index (χ4n) is 1.91. The Morgan fingerprint density at radius 3 is 3.00 bits per heavy atom. The lowest BCUT2D eigenvalue weighted by Gasteiger charge is -2.07. The first-order valence-corrected chi connectivity index (χ1v) is 6.24. The molecule has 0 unspecified atom stereocenters. The summed E-state index contributed by atoms with van der Waals surface area (Å²) in [6, 6.07) is 0.716. The Bertz CT molecular complexity index is 307. The zero-order chi connectivity index (χ0) is 11.2. The second kappa shape index (κ2) is 6.01. The van der Waals surface area contributed by atoms with E-state index in [-0.39, 0.29) is 0 Å². The van der Waals surface area contributed by atoms with Crippen molar-refractivity contribution in [2.75, 3.05) is 13.2 Å². The van der Waals surface area contributed by atoms with Gasteiger partial charge < -0.3 is 15.0 Å². The van der Waals surface area contributed by atoms with E-state index in [9.17, 15) is 0 Å². The normalized spacial score (nSPS) is 15.6. The fourth-order valence-corrected chi connectivity index (χ4v) is 1.91. The summed E-state index contributed by atoms with van der Waals surface area (Å²) in [6.07, 6.45) is 9.67. The number of nitrogens with zero attached hydrogens (tertiary/aromatic N) is 2. The van der Waals surface area contributed by atoms with E-state index in [1.54, 1.807) is 0 Å². The lowest BCUT2D eigenvalue weighted by Crippen LogP contribution is -2.17. The van der Waals surface area contributed by atoms with E-state index in [1.165, 1.54) is 18.5 Å². The van der Waals surface area contributed by atoms with Gasteiger partial charge >= 0.3 is 0 Å². The third-order valence-electron chi connectivity index (χ3n) is 3.00. The van der Waals surface area contributed by atoms with E-state index >= 15 is 0 Å². The summed E-state index contributed by atoms with van der Waals surface area (Å²) in [6.45, 7) is 2.25. The van der Waals surface area contributed by atoms with Crippen molar-refractivity contribution in [2.24, 2.45) is 0 Å². The summed E-state index contributed by atoms with van der Waals surface area (Å²) in [5, 5.41) is 12.1. The topological polar surface area (TPSA) is 50.1 Å². The molecule has 1 aliphatic carbocycles. The average Bonchev–Trinajstić information content (AvgIpc) is 3.04. The molecular weight excluding hydrogens is 202 g/mol. The van der Waals surface area contributed by atoms with Crippen molar-refractivity contribution in [2.45, 2.75) is 44.7 Å². The highest BCUT2D eigenvalue weighted by atomic mass is 16.2. The zero-order valence-electron chi connectivity index (χ0n) is 9.73. The van der Waals surface area contributed by atoms with Crippen LogP contribution in [0.5, 0.6) is 0 Å². The van der Waals surface area contributed by atoms with Gasteiger partial charge in [-0.05, 0) is 38.6 Å². The van der Waals surface area contributed by atoms with E-state index < -0.39 is 0 Å². The second-order valence-corrected chi connectivity index (χ2v) is 4.48. The number of aliphatic hydroxyl groups excluding tert-OH is 1. The molecule has 0 radical (unpaired) electrons. The molecule has 0 aromatic carbocycles. The summed E-state index contributed by atoms with van der Waals surface area (Å²) in [4.78, 5) is 4.20. The standard InChI is InChI=1S/C12H21N3O/c16-7-3-1-2-6-13-8-12-9-14-10-15(12)11-4-5-11/h9-11,13,16H,1-8H2. The molecule has 1 aromatic heterocycles. The van der Waals surface area contributed by atoms with Gasteiger partial charge in [0.15, 0.2) is 0 Å². The number of imidazole rings is 1. The Balaban J connectivity index is 1.63. The van der Waals surface area contributed by atoms with Crippen LogP contribution in [0.15, 0.2) is 12.5 Å². The SMILES string of the molecule is OCCCCCNCc1cncn1C1CC1. The maximum Gasteiger partial charge on any atom is 0.0951 e. The largest absolute Gasteiger partial charge is 0.396 e. The molecular formula is C12H21N3O. The van der Waals surface area contributed by atoms with E-state index in [0.29, 0.717) is 12.6 Å². The van der Waals surface area contributed by atoms with Crippen LogP contribution in [0.25, 0.3) is 0 Å². The van der Waals surface area contributed by atoms with Crippen molar-refractivity contribution in [1.29, 1.82) is 0 Å². The van der Waals surface area contributed by atoms with Crippen molar-refractivity contribution < 1.29 is 5.11 Å². The van der Waals surface area contributed by atoms with E-state index in [0.717, 1.165) is 32.4 Å². The van der Waals surface area contributed by atoms with Gasteiger partial charge in [0.05, 0.1) is 12.0 Å². The third-order valence-corrected chi connectivity index (χ3v) is 3.00. The maximum absolute atomic E-state index is 8.65. The quantitative estimate of drug-likeness (QED) is 0.656. The highest BCUT2D eigenvalue weighted by molar-refractivity contribution is 5.03. The van der Waals surface area contributed by atoms with Crippen LogP contribution >= 0.6 is 0 Å². The molecule has 0 aliphatic heterocycles. The second-order valence-electron chi connectivity index (χ2n) is 4.48. The molecule has 1 saturated carbocycles. The predicted molar refractivity (Wildman–Crippen MR) is 63.1 cm³/mol. The molecule has 90 valence electrons. The van der Waals surface area contributed by atoms with Crippen LogP contribution in [0, 0.1) is 0 Å². The van der Waals surface area contributed by atoms with Crippen LogP contribution in [0.1, 0.15) is 43.8 Å². The van der Waals surface area contributed by atoms with Gasteiger partial charge in [0.25, 0.3) is 0 Å². The Hall–Kier alpha value is -0.870. The monoisotopic (exact) mass is 223 g/mol. The summed E-state index contributed by atoms with van der Waals surface area (Å²) < 4.78 is 2.29. The molecule has 1 aliphatic rings. The van der Waals surface area contributed by atoms with Crippen molar-refractivity contribution in [3.8, 4) is 0 Å². The molecule has 0 spiro atoms. The number of unbranched alkanes of at least 4 members (excludes halogenated alkanes) is 2. The highest BCUT2D eigenvalue weighted by Gasteiger charge is 2.24. The molecule has 4 nitrogen and oxygen atoms in total. The van der Waals surface area contributed by atoms with Crippen LogP contribution < -0.4 is 5.32 Å². The number of hydrogen-bond donors (Lipinski definition) is 2. The van der Waals surface area contributed by atoms with Crippen molar-refractivity contribution >= 4 is 0 Å². The number of aromatic nitrogens is 2. The Morgan fingerprint density at radius 1 is 1.38 bits per heavy atom. The lowest BCUT2D eigenvalue weighted by molar-refractivity contribution is 0.283. The molecule has 0 bridgehead atoms. The first-order chi connectivity index (χ1) is 7.92. The van der Waals surface area contributed by atoms with Crippen molar-refractivity contribution in [3.05, 3.63) is 18.2 Å². The molecule has 2 rings (SSSR count). The van der Waals surface area contributed by atoms with Gasteiger partial charge in [0.2, 0.25) is 0 Å². The van der Waals surface area contributed by atoms with Gasteiger partial charge in [-0.1, -0.05) is 0 Å². The van der Waals surface area contributed by atoms with Crippen molar-refractivity contribution in [1.82, 2.24) is 14.9 Å². The number of hydrogen-bond acceptors (Lipinski definition) is 3. The van der Waals surface area contributed by atoms with Gasteiger partial charge in [0.1, 0.15) is 0 Å². The first-order valence-electron chi connectivity index (χ1n) is 6.24. The van der Waals surface area contributed by atoms with E-state index in [1.807, 2.05) is 12.5 Å². The predicted octanol–water partition coefficient (Wildman–Crippen LogP) is 1.47. The Kier molecular flexibility index (Phi) is 4.36. The van der Waals surface area contributed by atoms with E-state index in [4.69, 9.17) is 5.11 Å². The molecule has 16 heavy (non-hydrogen) atoms. The van der Waals surface area contributed by atoms with Gasteiger partial charge in [-0.3, -0.25) is 0 Å². The molecule has 1 fully saturated rings. The van der Waals surface area contributed by atoms with Crippen LogP contribution in [0.3, 0.4) is 0 Å². The Morgan fingerprint density at radius 2 is 2.25 bits per heavy atom. The summed E-state index contributed by atoms with van der Waals surface area (Å²) >= 11 is 0.